The smallest absolute Gasteiger partial charge is 0.408 e. The highest BCUT2D eigenvalue weighted by molar-refractivity contribution is 5.91. The van der Waals surface area contributed by atoms with Gasteiger partial charge in [0, 0.05) is 25.3 Å². The van der Waals surface area contributed by atoms with Crippen LogP contribution in [-0.2, 0) is 7.05 Å². The molecule has 2 aromatic rings. The number of carbonyl (C=O) groups excluding carboxylic acids is 1. The van der Waals surface area contributed by atoms with Gasteiger partial charge in [0.15, 0.2) is 5.58 Å². The zero-order valence-electron chi connectivity index (χ0n) is 13.0. The Bertz CT molecular complexity index is 764. The van der Waals surface area contributed by atoms with Crippen LogP contribution in [0.5, 0.6) is 0 Å². The minimum atomic E-state index is -0.433. The second-order valence-corrected chi connectivity index (χ2v) is 6.13. The fourth-order valence-corrected chi connectivity index (χ4v) is 3.07. The van der Waals surface area contributed by atoms with Crippen LogP contribution in [0, 0.1) is 5.92 Å². The van der Waals surface area contributed by atoms with Crippen LogP contribution >= 0.6 is 0 Å². The number of aromatic nitrogens is 1. The molecule has 124 valence electrons. The van der Waals surface area contributed by atoms with Gasteiger partial charge in [-0.3, -0.25) is 4.57 Å². The number of nitrogens with one attached hydrogen (secondary N) is 2. The van der Waals surface area contributed by atoms with E-state index in [-0.39, 0.29) is 12.1 Å². The molecule has 0 aliphatic heterocycles. The van der Waals surface area contributed by atoms with E-state index in [1.807, 2.05) is 0 Å². The van der Waals surface area contributed by atoms with Crippen molar-refractivity contribution in [2.75, 3.05) is 11.9 Å². The Balaban J connectivity index is 1.58. The summed E-state index contributed by atoms with van der Waals surface area (Å²) in [5, 5.41) is 15.2. The summed E-state index contributed by atoms with van der Waals surface area (Å²) in [6.45, 7) is 0.547. The molecule has 1 saturated carbocycles. The first-order valence-electron chi connectivity index (χ1n) is 7.85. The summed E-state index contributed by atoms with van der Waals surface area (Å²) in [4.78, 5) is 23.4. The first-order chi connectivity index (χ1) is 11.0. The third-order valence-electron chi connectivity index (χ3n) is 4.36. The molecule has 7 nitrogen and oxygen atoms in total. The average molecular weight is 319 g/mol. The van der Waals surface area contributed by atoms with Gasteiger partial charge in [0.25, 0.3) is 0 Å². The Morgan fingerprint density at radius 1 is 1.43 bits per heavy atom. The van der Waals surface area contributed by atoms with Gasteiger partial charge in [-0.2, -0.15) is 0 Å². The molecule has 1 fully saturated rings. The number of anilines is 1. The normalized spacial score (nSPS) is 21.3. The van der Waals surface area contributed by atoms with Crippen molar-refractivity contribution in [1.82, 2.24) is 9.88 Å². The third kappa shape index (κ3) is 3.56. The molecule has 3 rings (SSSR count). The van der Waals surface area contributed by atoms with Crippen molar-refractivity contribution in [1.29, 1.82) is 0 Å². The van der Waals surface area contributed by atoms with Gasteiger partial charge in [-0.1, -0.05) is 6.42 Å². The van der Waals surface area contributed by atoms with Crippen LogP contribution in [-0.4, -0.2) is 28.4 Å². The average Bonchev–Trinajstić information content (AvgIpc) is 2.80. The maximum Gasteiger partial charge on any atom is 0.419 e. The molecule has 23 heavy (non-hydrogen) atoms. The fraction of sp³-hybridized carbons (Fsp3) is 0.500. The monoisotopic (exact) mass is 319 g/mol. The van der Waals surface area contributed by atoms with E-state index in [0.29, 0.717) is 29.2 Å². The van der Waals surface area contributed by atoms with Gasteiger partial charge in [-0.05, 0) is 37.3 Å². The zero-order chi connectivity index (χ0) is 16.4. The lowest BCUT2D eigenvalue weighted by Crippen LogP contribution is -2.35. The number of amides is 2. The van der Waals surface area contributed by atoms with E-state index in [9.17, 15) is 14.7 Å². The second kappa shape index (κ2) is 6.45. The fourth-order valence-electron chi connectivity index (χ4n) is 3.07. The molecule has 1 aromatic carbocycles. The highest BCUT2D eigenvalue weighted by atomic mass is 16.4. The van der Waals surface area contributed by atoms with Crippen LogP contribution in [0.4, 0.5) is 10.5 Å². The van der Waals surface area contributed by atoms with Crippen LogP contribution < -0.4 is 16.4 Å². The molecule has 1 heterocycles. The van der Waals surface area contributed by atoms with E-state index in [2.05, 4.69) is 10.6 Å². The van der Waals surface area contributed by atoms with E-state index in [0.717, 1.165) is 25.7 Å². The number of aryl methyl sites for hydroxylation is 1. The molecule has 0 bridgehead atoms. The van der Waals surface area contributed by atoms with Crippen molar-refractivity contribution in [3.05, 3.63) is 28.7 Å². The lowest BCUT2D eigenvalue weighted by molar-refractivity contribution is 0.101. The molecule has 2 amide bonds. The lowest BCUT2D eigenvalue weighted by atomic mass is 9.87. The molecule has 1 aliphatic rings. The molecule has 7 heteroatoms. The SMILES string of the molecule is Cn1c(=O)oc2cc(NC(=O)NCC3CCCC(O)C3)ccc21. The molecule has 0 radical (unpaired) electrons. The summed E-state index contributed by atoms with van der Waals surface area (Å²) in [5.41, 5.74) is 1.68. The summed E-state index contributed by atoms with van der Waals surface area (Å²) in [5.74, 6) is -0.114. The molecule has 2 unspecified atom stereocenters. The third-order valence-corrected chi connectivity index (χ3v) is 4.36. The number of benzene rings is 1. The summed E-state index contributed by atoms with van der Waals surface area (Å²) >= 11 is 0. The van der Waals surface area contributed by atoms with Crippen LogP contribution in [0.3, 0.4) is 0 Å². The maximum atomic E-state index is 12.0. The molecule has 0 saturated heterocycles. The Hall–Kier alpha value is -2.28. The Morgan fingerprint density at radius 3 is 3.04 bits per heavy atom. The Labute approximate surface area is 133 Å². The second-order valence-electron chi connectivity index (χ2n) is 6.13. The predicted octanol–water partition coefficient (Wildman–Crippen LogP) is 1.80. The zero-order valence-corrected chi connectivity index (χ0v) is 13.0. The molecular formula is C16H21N3O4. The van der Waals surface area contributed by atoms with Crippen molar-refractivity contribution in [2.24, 2.45) is 13.0 Å². The number of rotatable bonds is 3. The van der Waals surface area contributed by atoms with Crippen LogP contribution in [0.15, 0.2) is 27.4 Å². The van der Waals surface area contributed by atoms with E-state index in [1.54, 1.807) is 25.2 Å². The van der Waals surface area contributed by atoms with Gasteiger partial charge in [0.2, 0.25) is 0 Å². The standard InChI is InChI=1S/C16H21N3O4/c1-19-13-6-5-11(8-14(13)23-16(19)22)18-15(21)17-9-10-3-2-4-12(20)7-10/h5-6,8,10,12,20H,2-4,7,9H2,1H3,(H2,17,18,21). The van der Waals surface area contributed by atoms with E-state index in [1.165, 1.54) is 4.57 Å². The summed E-state index contributed by atoms with van der Waals surface area (Å²) < 4.78 is 6.51. The first-order valence-corrected chi connectivity index (χ1v) is 7.85. The number of hydrogen-bond acceptors (Lipinski definition) is 4. The number of oxazole rings is 1. The summed E-state index contributed by atoms with van der Waals surface area (Å²) in [7, 11) is 1.63. The molecule has 2 atom stereocenters. The van der Waals surface area contributed by atoms with Gasteiger partial charge >= 0.3 is 11.8 Å². The van der Waals surface area contributed by atoms with Gasteiger partial charge in [-0.15, -0.1) is 0 Å². The first kappa shape index (κ1) is 15.6. The molecule has 0 spiro atoms. The maximum absolute atomic E-state index is 12.0. The van der Waals surface area contributed by atoms with E-state index >= 15 is 0 Å². The number of fused-ring (bicyclic) bond motifs is 1. The van der Waals surface area contributed by atoms with E-state index in [4.69, 9.17) is 4.42 Å². The number of aliphatic hydroxyl groups is 1. The van der Waals surface area contributed by atoms with Crippen LogP contribution in [0.1, 0.15) is 25.7 Å². The largest absolute Gasteiger partial charge is 0.419 e. The van der Waals surface area contributed by atoms with E-state index < -0.39 is 5.76 Å². The highest BCUT2D eigenvalue weighted by Gasteiger charge is 2.20. The van der Waals surface area contributed by atoms with Gasteiger partial charge < -0.3 is 20.2 Å². The van der Waals surface area contributed by atoms with Crippen molar-refractivity contribution >= 4 is 22.8 Å². The van der Waals surface area contributed by atoms with Crippen LogP contribution in [0.2, 0.25) is 0 Å². The molecular weight excluding hydrogens is 298 g/mol. The number of hydrogen-bond donors (Lipinski definition) is 3. The molecule has 3 N–H and O–H groups in total. The molecule has 1 aromatic heterocycles. The minimum Gasteiger partial charge on any atom is -0.408 e. The van der Waals surface area contributed by atoms with Crippen LogP contribution in [0.25, 0.3) is 11.1 Å². The lowest BCUT2D eigenvalue weighted by Gasteiger charge is -2.25. The quantitative estimate of drug-likeness (QED) is 0.804. The number of urea groups is 1. The minimum absolute atomic E-state index is 0.248. The number of nitrogens with zero attached hydrogens (tertiary/aromatic N) is 1. The Kier molecular flexibility index (Phi) is 4.38. The van der Waals surface area contributed by atoms with Crippen molar-refractivity contribution in [3.63, 3.8) is 0 Å². The van der Waals surface area contributed by atoms with Crippen molar-refractivity contribution < 1.29 is 14.3 Å². The Morgan fingerprint density at radius 2 is 2.26 bits per heavy atom. The highest BCUT2D eigenvalue weighted by Crippen LogP contribution is 2.23. The number of carbonyl (C=O) groups is 1. The summed E-state index contributed by atoms with van der Waals surface area (Å²) in [6, 6.07) is 4.78. The molecule has 1 aliphatic carbocycles. The predicted molar refractivity (Wildman–Crippen MR) is 86.4 cm³/mol. The number of aliphatic hydroxyl groups excluding tert-OH is 1. The van der Waals surface area contributed by atoms with Crippen molar-refractivity contribution in [3.8, 4) is 0 Å². The topological polar surface area (TPSA) is 96.5 Å². The van der Waals surface area contributed by atoms with Crippen molar-refractivity contribution in [2.45, 2.75) is 31.8 Å². The van der Waals surface area contributed by atoms with Gasteiger partial charge in [0.1, 0.15) is 0 Å². The summed E-state index contributed by atoms with van der Waals surface area (Å²) in [6.07, 6.45) is 3.37. The van der Waals surface area contributed by atoms with Gasteiger partial charge in [-0.25, -0.2) is 9.59 Å². The van der Waals surface area contributed by atoms with Gasteiger partial charge in [0.05, 0.1) is 11.6 Å².